The molecule has 2 rings (SSSR count). The Balaban J connectivity index is 2.35. The van der Waals surface area contributed by atoms with Crippen LogP contribution in [-0.2, 0) is 6.42 Å². The number of rotatable bonds is 4. The lowest BCUT2D eigenvalue weighted by Gasteiger charge is -2.05. The molecule has 2 aromatic rings. The molecular formula is C14H8ClF2NO3. The van der Waals surface area contributed by atoms with E-state index in [9.17, 15) is 23.7 Å². The number of hydrogen-bond donors (Lipinski definition) is 0. The first-order valence-corrected chi connectivity index (χ1v) is 6.17. The average Bonchev–Trinajstić information content (AvgIpc) is 2.42. The fourth-order valence-corrected chi connectivity index (χ4v) is 2.03. The zero-order chi connectivity index (χ0) is 15.6. The second-order valence-electron chi connectivity index (χ2n) is 4.26. The Bertz CT molecular complexity index is 714. The van der Waals surface area contributed by atoms with Gasteiger partial charge in [0.15, 0.2) is 5.78 Å². The van der Waals surface area contributed by atoms with Crippen LogP contribution >= 0.6 is 11.6 Å². The zero-order valence-electron chi connectivity index (χ0n) is 10.5. The van der Waals surface area contributed by atoms with Crippen LogP contribution < -0.4 is 0 Å². The third-order valence-electron chi connectivity index (χ3n) is 2.81. The van der Waals surface area contributed by atoms with Crippen molar-refractivity contribution in [2.45, 2.75) is 6.42 Å². The van der Waals surface area contributed by atoms with Crippen LogP contribution in [0.5, 0.6) is 0 Å². The van der Waals surface area contributed by atoms with Gasteiger partial charge in [0.05, 0.1) is 4.92 Å². The number of benzene rings is 2. The summed E-state index contributed by atoms with van der Waals surface area (Å²) >= 11 is 5.70. The summed E-state index contributed by atoms with van der Waals surface area (Å²) in [6, 6.07) is 6.58. The molecule has 2 aromatic carbocycles. The van der Waals surface area contributed by atoms with E-state index in [2.05, 4.69) is 0 Å². The molecule has 0 unspecified atom stereocenters. The fraction of sp³-hybridized carbons (Fsp3) is 0.0714. The van der Waals surface area contributed by atoms with Gasteiger partial charge in [-0.3, -0.25) is 14.9 Å². The molecule has 0 N–H and O–H groups in total. The molecule has 0 bridgehead atoms. The van der Waals surface area contributed by atoms with Crippen LogP contribution in [0.2, 0.25) is 5.02 Å². The van der Waals surface area contributed by atoms with Gasteiger partial charge in [0.1, 0.15) is 11.6 Å². The maximum atomic E-state index is 13.5. The fourth-order valence-electron chi connectivity index (χ4n) is 1.80. The number of nitrogens with zero attached hydrogens (tertiary/aromatic N) is 1. The normalized spacial score (nSPS) is 10.4. The molecule has 4 nitrogen and oxygen atoms in total. The summed E-state index contributed by atoms with van der Waals surface area (Å²) in [4.78, 5) is 22.0. The van der Waals surface area contributed by atoms with Crippen LogP contribution in [0.15, 0.2) is 36.4 Å². The SMILES string of the molecule is O=C(Cc1c(F)cccc1F)c1cc(Cl)cc([N+](=O)[O-])c1. The summed E-state index contributed by atoms with van der Waals surface area (Å²) < 4.78 is 27.0. The number of halogens is 3. The summed E-state index contributed by atoms with van der Waals surface area (Å²) in [5.41, 5.74) is -0.818. The Kier molecular flexibility index (Phi) is 4.28. The molecule has 0 aliphatic heterocycles. The second kappa shape index (κ2) is 5.97. The molecule has 0 saturated heterocycles. The van der Waals surface area contributed by atoms with E-state index in [1.54, 1.807) is 0 Å². The first-order chi connectivity index (χ1) is 9.88. The second-order valence-corrected chi connectivity index (χ2v) is 4.69. The number of Topliss-reactive ketones (excluding diaryl/α,β-unsaturated/α-hetero) is 1. The molecule has 0 saturated carbocycles. The number of nitro groups is 1. The van der Waals surface area contributed by atoms with Gasteiger partial charge in [-0.1, -0.05) is 17.7 Å². The Morgan fingerprint density at radius 1 is 1.19 bits per heavy atom. The largest absolute Gasteiger partial charge is 0.294 e. The Hall–Kier alpha value is -2.34. The van der Waals surface area contributed by atoms with E-state index >= 15 is 0 Å². The number of carbonyl (C=O) groups is 1. The monoisotopic (exact) mass is 311 g/mol. The topological polar surface area (TPSA) is 60.2 Å². The van der Waals surface area contributed by atoms with Gasteiger partial charge in [0.25, 0.3) is 5.69 Å². The standard InChI is InChI=1S/C14H8ClF2NO3/c15-9-4-8(5-10(6-9)18(20)21)14(19)7-11-12(16)2-1-3-13(11)17/h1-6H,7H2. The van der Waals surface area contributed by atoms with Crippen molar-refractivity contribution in [1.29, 1.82) is 0 Å². The predicted molar refractivity (Wildman–Crippen MR) is 72.5 cm³/mol. The molecule has 0 aliphatic carbocycles. The molecular weight excluding hydrogens is 304 g/mol. The molecule has 0 radical (unpaired) electrons. The van der Waals surface area contributed by atoms with Crippen molar-refractivity contribution in [3.05, 3.63) is 74.3 Å². The van der Waals surface area contributed by atoms with Crippen molar-refractivity contribution in [1.82, 2.24) is 0 Å². The van der Waals surface area contributed by atoms with E-state index < -0.39 is 28.8 Å². The summed E-state index contributed by atoms with van der Waals surface area (Å²) in [5, 5.41) is 10.7. The van der Waals surface area contributed by atoms with Crippen LogP contribution in [0.1, 0.15) is 15.9 Å². The van der Waals surface area contributed by atoms with Gasteiger partial charge < -0.3 is 0 Å². The van der Waals surface area contributed by atoms with E-state index in [1.807, 2.05) is 0 Å². The van der Waals surface area contributed by atoms with Gasteiger partial charge in [-0.15, -0.1) is 0 Å². The summed E-state index contributed by atoms with van der Waals surface area (Å²) in [7, 11) is 0. The van der Waals surface area contributed by atoms with Gasteiger partial charge in [-0.05, 0) is 18.2 Å². The van der Waals surface area contributed by atoms with Gasteiger partial charge in [0, 0.05) is 34.7 Å². The minimum Gasteiger partial charge on any atom is -0.294 e. The molecule has 0 heterocycles. The Morgan fingerprint density at radius 2 is 1.81 bits per heavy atom. The number of nitro benzene ring substituents is 1. The lowest BCUT2D eigenvalue weighted by Crippen LogP contribution is -2.08. The quantitative estimate of drug-likeness (QED) is 0.488. The summed E-state index contributed by atoms with van der Waals surface area (Å²) in [5.74, 6) is -2.36. The van der Waals surface area contributed by atoms with Crippen LogP contribution in [0.4, 0.5) is 14.5 Å². The number of non-ortho nitro benzene ring substituents is 1. The van der Waals surface area contributed by atoms with E-state index in [0.717, 1.165) is 24.3 Å². The van der Waals surface area contributed by atoms with E-state index in [0.29, 0.717) is 0 Å². The highest BCUT2D eigenvalue weighted by Crippen LogP contribution is 2.23. The highest BCUT2D eigenvalue weighted by molar-refractivity contribution is 6.31. The van der Waals surface area contributed by atoms with Crippen molar-refractivity contribution in [2.24, 2.45) is 0 Å². The highest BCUT2D eigenvalue weighted by Gasteiger charge is 2.17. The summed E-state index contributed by atoms with van der Waals surface area (Å²) in [6.45, 7) is 0. The van der Waals surface area contributed by atoms with E-state index in [1.165, 1.54) is 12.1 Å². The lowest BCUT2D eigenvalue weighted by atomic mass is 10.0. The third kappa shape index (κ3) is 3.41. The molecule has 0 amide bonds. The molecule has 0 spiro atoms. The van der Waals surface area contributed by atoms with Crippen molar-refractivity contribution < 1.29 is 18.5 Å². The number of hydrogen-bond acceptors (Lipinski definition) is 3. The average molecular weight is 312 g/mol. The van der Waals surface area contributed by atoms with Gasteiger partial charge in [-0.2, -0.15) is 0 Å². The van der Waals surface area contributed by atoms with Crippen molar-refractivity contribution in [3.8, 4) is 0 Å². The zero-order valence-corrected chi connectivity index (χ0v) is 11.2. The van der Waals surface area contributed by atoms with Crippen LogP contribution in [0.3, 0.4) is 0 Å². The molecule has 0 aromatic heterocycles. The predicted octanol–water partition coefficient (Wildman–Crippen LogP) is 3.95. The van der Waals surface area contributed by atoms with Gasteiger partial charge in [0.2, 0.25) is 0 Å². The van der Waals surface area contributed by atoms with Crippen LogP contribution in [0, 0.1) is 21.7 Å². The Morgan fingerprint density at radius 3 is 2.38 bits per heavy atom. The minimum atomic E-state index is -0.847. The maximum absolute atomic E-state index is 13.5. The van der Waals surface area contributed by atoms with Crippen molar-refractivity contribution in [3.63, 3.8) is 0 Å². The molecule has 7 heteroatoms. The van der Waals surface area contributed by atoms with E-state index in [4.69, 9.17) is 11.6 Å². The molecule has 0 atom stereocenters. The summed E-state index contributed by atoms with van der Waals surface area (Å²) in [6.07, 6.45) is -0.546. The molecule has 21 heavy (non-hydrogen) atoms. The minimum absolute atomic E-state index is 0.00144. The van der Waals surface area contributed by atoms with Crippen LogP contribution in [-0.4, -0.2) is 10.7 Å². The number of ketones is 1. The number of carbonyl (C=O) groups excluding carboxylic acids is 1. The highest BCUT2D eigenvalue weighted by atomic mass is 35.5. The maximum Gasteiger partial charge on any atom is 0.271 e. The smallest absolute Gasteiger partial charge is 0.271 e. The van der Waals surface area contributed by atoms with Crippen molar-refractivity contribution in [2.75, 3.05) is 0 Å². The van der Waals surface area contributed by atoms with Crippen LogP contribution in [0.25, 0.3) is 0 Å². The lowest BCUT2D eigenvalue weighted by molar-refractivity contribution is -0.384. The van der Waals surface area contributed by atoms with Gasteiger partial charge >= 0.3 is 0 Å². The van der Waals surface area contributed by atoms with E-state index in [-0.39, 0.29) is 21.8 Å². The molecule has 0 fully saturated rings. The first kappa shape index (κ1) is 15.1. The van der Waals surface area contributed by atoms with Crippen molar-refractivity contribution >= 4 is 23.1 Å². The third-order valence-corrected chi connectivity index (χ3v) is 3.03. The van der Waals surface area contributed by atoms with Gasteiger partial charge in [-0.25, -0.2) is 8.78 Å². The molecule has 108 valence electrons. The first-order valence-electron chi connectivity index (χ1n) is 5.79. The molecule has 0 aliphatic rings. The Labute approximate surface area is 123 Å².